The Hall–Kier alpha value is -1.56. The smallest absolute Gasteiger partial charge is 0.165 e. The van der Waals surface area contributed by atoms with E-state index in [1.807, 2.05) is 13.1 Å². The molecule has 1 aromatic carbocycles. The first-order valence-electron chi connectivity index (χ1n) is 8.67. The van der Waals surface area contributed by atoms with Crippen molar-refractivity contribution in [2.45, 2.75) is 36.5 Å². The fourth-order valence-electron chi connectivity index (χ4n) is 5.72. The van der Waals surface area contributed by atoms with E-state index in [1.54, 1.807) is 14.2 Å². The zero-order chi connectivity index (χ0) is 16.7. The molecule has 1 spiro atoms. The van der Waals surface area contributed by atoms with E-state index < -0.39 is 0 Å². The number of hydrogen-bond acceptors (Lipinski definition) is 4. The van der Waals surface area contributed by atoms with Gasteiger partial charge < -0.3 is 24.1 Å². The van der Waals surface area contributed by atoms with Gasteiger partial charge in [0.25, 0.3) is 0 Å². The summed E-state index contributed by atoms with van der Waals surface area (Å²) < 4.78 is 17.6. The summed E-state index contributed by atoms with van der Waals surface area (Å²) in [6, 6.07) is 4.15. The van der Waals surface area contributed by atoms with Crippen molar-refractivity contribution in [1.82, 2.24) is 0 Å². The second-order valence-electron chi connectivity index (χ2n) is 7.74. The average molecular weight is 329 g/mol. The number of piperidine rings is 1. The summed E-state index contributed by atoms with van der Waals surface area (Å²) in [4.78, 5) is 0. The molecular formula is C19H23NO4. The third-order valence-electron chi connectivity index (χ3n) is 6.83. The predicted octanol–water partition coefficient (Wildman–Crippen LogP) is 2.17. The van der Waals surface area contributed by atoms with Gasteiger partial charge in [-0.25, -0.2) is 0 Å². The van der Waals surface area contributed by atoms with Crippen molar-refractivity contribution >= 4 is 0 Å². The number of benzene rings is 1. The normalized spacial score (nSPS) is 44.0. The third-order valence-corrected chi connectivity index (χ3v) is 6.83. The molecule has 3 unspecified atom stereocenters. The summed E-state index contributed by atoms with van der Waals surface area (Å²) in [6.45, 7) is 0.626. The van der Waals surface area contributed by atoms with E-state index in [-0.39, 0.29) is 34.2 Å². The Balaban J connectivity index is 1.80. The average Bonchev–Trinajstić information content (AvgIpc) is 2.93. The van der Waals surface area contributed by atoms with Crippen LogP contribution in [0.4, 0.5) is 0 Å². The van der Waals surface area contributed by atoms with Crippen molar-refractivity contribution in [1.29, 1.82) is 0 Å². The second-order valence-corrected chi connectivity index (χ2v) is 7.74. The Morgan fingerprint density at radius 3 is 2.88 bits per heavy atom. The monoisotopic (exact) mass is 329 g/mol. The molecule has 5 nitrogen and oxygen atoms in total. The van der Waals surface area contributed by atoms with Gasteiger partial charge in [0.15, 0.2) is 11.5 Å². The maximum Gasteiger partial charge on any atom is 0.165 e. The minimum atomic E-state index is -0.165. The Morgan fingerprint density at radius 1 is 1.29 bits per heavy atom. The summed E-state index contributed by atoms with van der Waals surface area (Å²) in [5, 5.41) is 13.1. The lowest BCUT2D eigenvalue weighted by atomic mass is 9.53. The van der Waals surface area contributed by atoms with Crippen molar-refractivity contribution in [3.63, 3.8) is 0 Å². The number of ether oxygens (including phenoxy) is 3. The molecule has 1 saturated heterocycles. The van der Waals surface area contributed by atoms with Crippen molar-refractivity contribution < 1.29 is 18.9 Å². The predicted molar refractivity (Wildman–Crippen MR) is 89.0 cm³/mol. The summed E-state index contributed by atoms with van der Waals surface area (Å²) in [7, 11) is 5.24. The Kier molecular flexibility index (Phi) is 2.79. The molecule has 2 bridgehead atoms. The van der Waals surface area contributed by atoms with E-state index in [1.165, 1.54) is 11.1 Å². The van der Waals surface area contributed by atoms with Crippen LogP contribution in [0.15, 0.2) is 24.3 Å². The molecule has 24 heavy (non-hydrogen) atoms. The highest BCUT2D eigenvalue weighted by Gasteiger charge is 2.67. The molecule has 0 saturated carbocycles. The van der Waals surface area contributed by atoms with Crippen LogP contribution < -0.4 is 9.47 Å². The number of likely N-dealkylation sites (tertiary alicyclic amines) is 1. The van der Waals surface area contributed by atoms with Gasteiger partial charge in [-0.05, 0) is 11.6 Å². The van der Waals surface area contributed by atoms with Crippen LogP contribution in [0, 0.1) is 11.1 Å². The molecule has 0 amide bonds. The molecule has 0 aromatic heterocycles. The summed E-state index contributed by atoms with van der Waals surface area (Å²) in [5.41, 5.74) is 2.37. The van der Waals surface area contributed by atoms with Gasteiger partial charge in [-0.3, -0.25) is 0 Å². The molecule has 128 valence electrons. The van der Waals surface area contributed by atoms with E-state index in [4.69, 9.17) is 14.2 Å². The van der Waals surface area contributed by atoms with Gasteiger partial charge in [0, 0.05) is 31.4 Å². The molecule has 2 heterocycles. The van der Waals surface area contributed by atoms with Gasteiger partial charge in [0.2, 0.25) is 0 Å². The molecular weight excluding hydrogens is 306 g/mol. The first kappa shape index (κ1) is 14.8. The van der Waals surface area contributed by atoms with Crippen LogP contribution in [-0.4, -0.2) is 50.7 Å². The largest absolute Gasteiger partial charge is 0.633 e. The SMILES string of the molecule is COc1ccc2c3c1O[C@H]1[C@@H](OC)C=CC4[C@@H](C2)[N+](C)([O-])CCC341. The molecule has 5 heteroatoms. The highest BCUT2D eigenvalue weighted by atomic mass is 16.6. The van der Waals surface area contributed by atoms with Crippen molar-refractivity contribution in [3.05, 3.63) is 40.6 Å². The second kappa shape index (κ2) is 4.54. The topological polar surface area (TPSA) is 50.8 Å². The van der Waals surface area contributed by atoms with Gasteiger partial charge in [0.1, 0.15) is 12.2 Å². The molecule has 4 aliphatic rings. The van der Waals surface area contributed by atoms with Crippen LogP contribution in [-0.2, 0) is 16.6 Å². The van der Waals surface area contributed by atoms with Crippen LogP contribution in [0.5, 0.6) is 11.5 Å². The van der Waals surface area contributed by atoms with E-state index >= 15 is 0 Å². The van der Waals surface area contributed by atoms with E-state index in [0.29, 0.717) is 6.54 Å². The Labute approximate surface area is 142 Å². The van der Waals surface area contributed by atoms with Crippen LogP contribution in [0.1, 0.15) is 17.5 Å². The molecule has 0 radical (unpaired) electrons. The maximum atomic E-state index is 13.1. The molecule has 1 fully saturated rings. The third kappa shape index (κ3) is 1.51. The number of quaternary nitrogens is 1. The summed E-state index contributed by atoms with van der Waals surface area (Å²) in [5.74, 6) is 1.86. The van der Waals surface area contributed by atoms with E-state index in [9.17, 15) is 5.21 Å². The quantitative estimate of drug-likeness (QED) is 0.474. The van der Waals surface area contributed by atoms with Gasteiger partial charge in [0.05, 0.1) is 32.2 Å². The lowest BCUT2D eigenvalue weighted by Crippen LogP contribution is -2.69. The van der Waals surface area contributed by atoms with Gasteiger partial charge >= 0.3 is 0 Å². The number of hydrogen-bond donors (Lipinski definition) is 0. The van der Waals surface area contributed by atoms with E-state index in [2.05, 4.69) is 18.2 Å². The fraction of sp³-hybridized carbons (Fsp3) is 0.579. The highest BCUT2D eigenvalue weighted by Crippen LogP contribution is 2.63. The van der Waals surface area contributed by atoms with Gasteiger partial charge in [-0.2, -0.15) is 0 Å². The van der Waals surface area contributed by atoms with Crippen molar-refractivity contribution in [2.24, 2.45) is 5.92 Å². The Morgan fingerprint density at radius 2 is 2.12 bits per heavy atom. The number of rotatable bonds is 2. The van der Waals surface area contributed by atoms with Crippen LogP contribution in [0.3, 0.4) is 0 Å². The molecule has 5 rings (SSSR count). The first-order chi connectivity index (χ1) is 11.5. The van der Waals surface area contributed by atoms with Crippen molar-refractivity contribution in [2.75, 3.05) is 27.8 Å². The minimum absolute atomic E-state index is 0.0470. The fourth-order valence-corrected chi connectivity index (χ4v) is 5.72. The summed E-state index contributed by atoms with van der Waals surface area (Å²) in [6.07, 6.45) is 5.78. The maximum absolute atomic E-state index is 13.1. The van der Waals surface area contributed by atoms with Gasteiger partial charge in [-0.1, -0.05) is 18.2 Å². The van der Waals surface area contributed by atoms with Crippen molar-refractivity contribution in [3.8, 4) is 11.5 Å². The van der Waals surface area contributed by atoms with Gasteiger partial charge in [-0.15, -0.1) is 0 Å². The Bertz CT molecular complexity index is 743. The lowest BCUT2D eigenvalue weighted by molar-refractivity contribution is -0.898. The minimum Gasteiger partial charge on any atom is -0.633 e. The number of nitrogens with zero attached hydrogens (tertiary/aromatic N) is 1. The number of likely N-dealkylation sites (N-methyl/N-ethyl adjacent to an activating group) is 1. The molecule has 0 N–H and O–H groups in total. The van der Waals surface area contributed by atoms with Crippen LogP contribution in [0.25, 0.3) is 0 Å². The summed E-state index contributed by atoms with van der Waals surface area (Å²) >= 11 is 0. The molecule has 1 aromatic rings. The van der Waals surface area contributed by atoms with Crippen LogP contribution in [0.2, 0.25) is 0 Å². The first-order valence-corrected chi connectivity index (χ1v) is 8.67. The number of methoxy groups -OCH3 is 2. The van der Waals surface area contributed by atoms with Crippen LogP contribution >= 0.6 is 0 Å². The zero-order valence-electron chi connectivity index (χ0n) is 14.3. The van der Waals surface area contributed by atoms with E-state index in [0.717, 1.165) is 24.3 Å². The zero-order valence-corrected chi connectivity index (χ0v) is 14.3. The standard InChI is InChI=1S/C19H23NO4/c1-20(21)9-8-19-12-5-7-15(23-3)18(19)24-17-14(22-2)6-4-11(16(17)19)10-13(12)20/h4-7,12-13,15,18H,8-10H2,1-3H3/t12?,13-,15+,18+,19?,20?/m1/s1. The molecule has 6 atom stereocenters. The lowest BCUT2D eigenvalue weighted by Gasteiger charge is -2.61. The highest BCUT2D eigenvalue weighted by molar-refractivity contribution is 5.61. The molecule has 2 aliphatic heterocycles. The molecule has 2 aliphatic carbocycles. The number of hydroxylamine groups is 3.